The van der Waals surface area contributed by atoms with Crippen molar-refractivity contribution in [3.05, 3.63) is 107 Å². The highest BCUT2D eigenvalue weighted by atomic mass is 16.5. The van der Waals surface area contributed by atoms with E-state index in [0.29, 0.717) is 17.9 Å². The van der Waals surface area contributed by atoms with Gasteiger partial charge in [-0.05, 0) is 36.6 Å². The molecule has 5 heteroatoms. The van der Waals surface area contributed by atoms with Crippen LogP contribution in [0.15, 0.2) is 84.4 Å². The van der Waals surface area contributed by atoms with E-state index in [1.54, 1.807) is 12.1 Å². The fourth-order valence-electron chi connectivity index (χ4n) is 4.35. The van der Waals surface area contributed by atoms with Crippen LogP contribution in [0.5, 0.6) is 5.75 Å². The van der Waals surface area contributed by atoms with Crippen molar-refractivity contribution < 1.29 is 19.4 Å². The highest BCUT2D eigenvalue weighted by Gasteiger charge is 2.46. The van der Waals surface area contributed by atoms with Crippen LogP contribution in [0.3, 0.4) is 0 Å². The number of rotatable bonds is 9. The van der Waals surface area contributed by atoms with Crippen LogP contribution in [-0.4, -0.2) is 28.3 Å². The van der Waals surface area contributed by atoms with Gasteiger partial charge < -0.3 is 14.7 Å². The van der Waals surface area contributed by atoms with Crippen LogP contribution in [0.4, 0.5) is 0 Å². The van der Waals surface area contributed by atoms with Gasteiger partial charge in [-0.25, -0.2) is 0 Å². The zero-order valence-electron chi connectivity index (χ0n) is 20.2. The lowest BCUT2D eigenvalue weighted by Crippen LogP contribution is -2.29. The molecule has 1 fully saturated rings. The number of ketones is 1. The summed E-state index contributed by atoms with van der Waals surface area (Å²) in [5.41, 5.74) is 3.27. The number of aliphatic hydroxyl groups excluding tert-OH is 1. The molecule has 1 unspecified atom stereocenters. The Morgan fingerprint density at radius 3 is 2.40 bits per heavy atom. The molecule has 3 aromatic rings. The lowest BCUT2D eigenvalue weighted by molar-refractivity contribution is -0.140. The Hall–Kier alpha value is -3.86. The summed E-state index contributed by atoms with van der Waals surface area (Å²) in [5, 5.41) is 11.2. The molecule has 35 heavy (non-hydrogen) atoms. The van der Waals surface area contributed by atoms with Gasteiger partial charge in [-0.15, -0.1) is 0 Å². The van der Waals surface area contributed by atoms with E-state index in [0.717, 1.165) is 36.0 Å². The monoisotopic (exact) mass is 469 g/mol. The lowest BCUT2D eigenvalue weighted by atomic mass is 9.94. The van der Waals surface area contributed by atoms with Crippen LogP contribution in [0.1, 0.15) is 54.5 Å². The van der Waals surface area contributed by atoms with E-state index in [9.17, 15) is 14.7 Å². The summed E-state index contributed by atoms with van der Waals surface area (Å²) in [5.74, 6) is -0.794. The largest absolute Gasteiger partial charge is 0.507 e. The van der Waals surface area contributed by atoms with Crippen molar-refractivity contribution in [3.63, 3.8) is 0 Å². The Morgan fingerprint density at radius 2 is 1.69 bits per heavy atom. The molecule has 0 aromatic heterocycles. The molecule has 1 atom stereocenters. The van der Waals surface area contributed by atoms with E-state index < -0.39 is 17.7 Å². The predicted octanol–water partition coefficient (Wildman–Crippen LogP) is 6.19. The number of nitrogens with zero attached hydrogens (tertiary/aromatic N) is 1. The minimum Gasteiger partial charge on any atom is -0.507 e. The van der Waals surface area contributed by atoms with Crippen molar-refractivity contribution in [3.8, 4) is 5.75 Å². The molecule has 180 valence electrons. The third-order valence-electron chi connectivity index (χ3n) is 6.25. The molecule has 1 aliphatic heterocycles. The zero-order valence-corrected chi connectivity index (χ0v) is 20.2. The van der Waals surface area contributed by atoms with Crippen molar-refractivity contribution in [2.45, 2.75) is 45.7 Å². The maximum absolute atomic E-state index is 13.3. The predicted molar refractivity (Wildman–Crippen MR) is 137 cm³/mol. The third-order valence-corrected chi connectivity index (χ3v) is 6.25. The average Bonchev–Trinajstić information content (AvgIpc) is 3.12. The fraction of sp³-hybridized carbons (Fsp3) is 0.267. The normalized spacial score (nSPS) is 17.1. The summed E-state index contributed by atoms with van der Waals surface area (Å²) in [6.07, 6.45) is 3.16. The number of carbonyl (C=O) groups excluding carboxylic acids is 2. The highest BCUT2D eigenvalue weighted by Crippen LogP contribution is 2.41. The van der Waals surface area contributed by atoms with Gasteiger partial charge in [-0.2, -0.15) is 0 Å². The Balaban J connectivity index is 1.77. The summed E-state index contributed by atoms with van der Waals surface area (Å²) in [4.78, 5) is 28.0. The second-order valence-corrected chi connectivity index (χ2v) is 8.91. The zero-order chi connectivity index (χ0) is 24.8. The molecule has 1 aliphatic rings. The van der Waals surface area contributed by atoms with Gasteiger partial charge in [0.25, 0.3) is 11.7 Å². The summed E-state index contributed by atoms with van der Waals surface area (Å²) in [6, 6.07) is 23.6. The standard InChI is InChI=1S/C30H31NO4/c1-3-4-8-18-35-25-13-9-12-24(19-25)27-26(28(32)23-16-14-21(2)15-17-23)29(33)30(34)31(27)20-22-10-6-5-7-11-22/h5-7,9-17,19,27,32H,3-4,8,18,20H2,1-2H3/b28-26+. The number of hydrogen-bond acceptors (Lipinski definition) is 4. The van der Waals surface area contributed by atoms with Gasteiger partial charge in [0, 0.05) is 12.1 Å². The Kier molecular flexibility index (Phi) is 7.66. The Labute approximate surface area is 206 Å². The first-order chi connectivity index (χ1) is 17.0. The molecule has 1 amide bonds. The Bertz CT molecular complexity index is 1210. The topological polar surface area (TPSA) is 66.8 Å². The summed E-state index contributed by atoms with van der Waals surface area (Å²) in [7, 11) is 0. The van der Waals surface area contributed by atoms with E-state index in [2.05, 4.69) is 6.92 Å². The van der Waals surface area contributed by atoms with Crippen molar-refractivity contribution in [1.82, 2.24) is 4.90 Å². The maximum atomic E-state index is 13.3. The minimum absolute atomic E-state index is 0.0953. The Morgan fingerprint density at radius 1 is 0.943 bits per heavy atom. The molecule has 5 nitrogen and oxygen atoms in total. The van der Waals surface area contributed by atoms with E-state index in [4.69, 9.17) is 4.74 Å². The molecule has 1 heterocycles. The molecule has 4 rings (SSSR count). The first-order valence-corrected chi connectivity index (χ1v) is 12.1. The second kappa shape index (κ2) is 11.0. The van der Waals surface area contributed by atoms with Crippen molar-refractivity contribution >= 4 is 17.4 Å². The fourth-order valence-corrected chi connectivity index (χ4v) is 4.35. The van der Waals surface area contributed by atoms with E-state index in [1.807, 2.05) is 73.7 Å². The van der Waals surface area contributed by atoms with Gasteiger partial charge >= 0.3 is 0 Å². The molecular weight excluding hydrogens is 438 g/mol. The average molecular weight is 470 g/mol. The number of carbonyl (C=O) groups is 2. The molecular formula is C30H31NO4. The molecule has 0 bridgehead atoms. The molecule has 0 saturated carbocycles. The number of unbranched alkanes of at least 4 members (excludes halogenated alkanes) is 2. The van der Waals surface area contributed by atoms with Crippen LogP contribution in [0, 0.1) is 6.92 Å². The smallest absolute Gasteiger partial charge is 0.295 e. The number of hydrogen-bond donors (Lipinski definition) is 1. The van der Waals surface area contributed by atoms with Crippen LogP contribution >= 0.6 is 0 Å². The van der Waals surface area contributed by atoms with Crippen molar-refractivity contribution in [2.24, 2.45) is 0 Å². The van der Waals surface area contributed by atoms with E-state index in [-0.39, 0.29) is 17.9 Å². The quantitative estimate of drug-likeness (QED) is 0.176. The molecule has 0 radical (unpaired) electrons. The highest BCUT2D eigenvalue weighted by molar-refractivity contribution is 6.46. The molecule has 3 aromatic carbocycles. The van der Waals surface area contributed by atoms with Gasteiger partial charge in [0.1, 0.15) is 11.5 Å². The number of aryl methyl sites for hydroxylation is 1. The van der Waals surface area contributed by atoms with Crippen molar-refractivity contribution in [1.29, 1.82) is 0 Å². The number of likely N-dealkylation sites (tertiary alicyclic amines) is 1. The summed E-state index contributed by atoms with van der Waals surface area (Å²) in [6.45, 7) is 4.95. The summed E-state index contributed by atoms with van der Waals surface area (Å²) >= 11 is 0. The lowest BCUT2D eigenvalue weighted by Gasteiger charge is -2.26. The number of amides is 1. The van der Waals surface area contributed by atoms with Gasteiger partial charge in [0.15, 0.2) is 0 Å². The van der Waals surface area contributed by atoms with Gasteiger partial charge in [-0.1, -0.05) is 92.1 Å². The first-order valence-electron chi connectivity index (χ1n) is 12.1. The number of ether oxygens (including phenoxy) is 1. The van der Waals surface area contributed by atoms with Gasteiger partial charge in [-0.3, -0.25) is 9.59 Å². The number of benzene rings is 3. The minimum atomic E-state index is -0.726. The molecule has 0 aliphatic carbocycles. The maximum Gasteiger partial charge on any atom is 0.295 e. The second-order valence-electron chi connectivity index (χ2n) is 8.91. The molecule has 0 spiro atoms. The molecule has 1 saturated heterocycles. The van der Waals surface area contributed by atoms with Gasteiger partial charge in [0.2, 0.25) is 0 Å². The molecule has 1 N–H and O–H groups in total. The summed E-state index contributed by atoms with van der Waals surface area (Å²) < 4.78 is 5.94. The van der Waals surface area contributed by atoms with Gasteiger partial charge in [0.05, 0.1) is 18.2 Å². The van der Waals surface area contributed by atoms with Crippen LogP contribution in [0.25, 0.3) is 5.76 Å². The van der Waals surface area contributed by atoms with E-state index >= 15 is 0 Å². The third kappa shape index (κ3) is 5.46. The number of Topliss-reactive ketones (excluding diaryl/α,β-unsaturated/α-hetero) is 1. The van der Waals surface area contributed by atoms with Crippen LogP contribution in [-0.2, 0) is 16.1 Å². The van der Waals surface area contributed by atoms with Crippen LogP contribution in [0.2, 0.25) is 0 Å². The van der Waals surface area contributed by atoms with E-state index in [1.165, 1.54) is 4.90 Å². The SMILES string of the molecule is CCCCCOc1cccc(C2/C(=C(\O)c3ccc(C)cc3)C(=O)C(=O)N2Cc2ccccc2)c1. The van der Waals surface area contributed by atoms with Crippen molar-refractivity contribution in [2.75, 3.05) is 6.61 Å². The number of aliphatic hydroxyl groups is 1. The van der Waals surface area contributed by atoms with Crippen LogP contribution < -0.4 is 4.74 Å². The first kappa shape index (κ1) is 24.3.